The molecule has 7 heteroatoms. The highest BCUT2D eigenvalue weighted by Crippen LogP contribution is 2.28. The average molecular weight is 377 g/mol. The number of amides is 1. The van der Waals surface area contributed by atoms with Gasteiger partial charge in [-0.1, -0.05) is 23.7 Å². The van der Waals surface area contributed by atoms with E-state index >= 15 is 0 Å². The minimum Gasteiger partial charge on any atom is -0.444 e. The first-order valence-corrected chi connectivity index (χ1v) is 9.25. The molecule has 1 aromatic heterocycles. The van der Waals surface area contributed by atoms with Crippen molar-refractivity contribution in [3.8, 4) is 0 Å². The number of carbonyl (C=O) groups is 1. The van der Waals surface area contributed by atoms with Crippen LogP contribution in [0.25, 0.3) is 11.0 Å². The Morgan fingerprint density at radius 1 is 1.27 bits per heavy atom. The molecular weight excluding hydrogens is 352 g/mol. The summed E-state index contributed by atoms with van der Waals surface area (Å²) in [5.74, 6) is 0.674. The van der Waals surface area contributed by atoms with Crippen molar-refractivity contribution in [2.75, 3.05) is 25.0 Å². The van der Waals surface area contributed by atoms with Crippen LogP contribution in [0.4, 0.5) is 10.6 Å². The maximum Gasteiger partial charge on any atom is 0.410 e. The van der Waals surface area contributed by atoms with E-state index in [-0.39, 0.29) is 12.1 Å². The Morgan fingerprint density at radius 2 is 1.92 bits per heavy atom. The van der Waals surface area contributed by atoms with Crippen LogP contribution in [0.1, 0.15) is 33.6 Å². The van der Waals surface area contributed by atoms with Crippen LogP contribution in [-0.4, -0.2) is 52.7 Å². The molecule has 1 saturated heterocycles. The van der Waals surface area contributed by atoms with Gasteiger partial charge in [-0.25, -0.2) is 14.8 Å². The van der Waals surface area contributed by atoms with E-state index in [0.29, 0.717) is 17.5 Å². The van der Waals surface area contributed by atoms with Gasteiger partial charge in [0.2, 0.25) is 0 Å². The second kappa shape index (κ2) is 7.27. The van der Waals surface area contributed by atoms with E-state index in [2.05, 4.69) is 9.88 Å². The average Bonchev–Trinajstić information content (AvgIpc) is 2.59. The number of benzene rings is 1. The molecule has 2 aromatic rings. The molecule has 0 bridgehead atoms. The fourth-order valence-corrected chi connectivity index (χ4v) is 3.37. The third kappa shape index (κ3) is 4.18. The number of nitrogens with zero attached hydrogens (tertiary/aromatic N) is 4. The lowest BCUT2D eigenvalue weighted by Gasteiger charge is -2.38. The first-order valence-electron chi connectivity index (χ1n) is 8.87. The Morgan fingerprint density at radius 3 is 2.58 bits per heavy atom. The molecule has 0 unspecified atom stereocenters. The Kier molecular flexibility index (Phi) is 5.23. The smallest absolute Gasteiger partial charge is 0.410 e. The van der Waals surface area contributed by atoms with E-state index in [9.17, 15) is 4.79 Å². The van der Waals surface area contributed by atoms with Crippen molar-refractivity contribution in [3.05, 3.63) is 29.4 Å². The predicted molar refractivity (Wildman–Crippen MR) is 104 cm³/mol. The number of aromatic nitrogens is 2. The molecule has 1 aromatic carbocycles. The highest BCUT2D eigenvalue weighted by molar-refractivity contribution is 6.32. The molecule has 0 spiro atoms. The maximum absolute atomic E-state index is 12.4. The zero-order chi connectivity index (χ0) is 18.9. The topological polar surface area (TPSA) is 58.6 Å². The zero-order valence-corrected chi connectivity index (χ0v) is 16.5. The largest absolute Gasteiger partial charge is 0.444 e. The molecule has 0 saturated carbocycles. The van der Waals surface area contributed by atoms with E-state index in [1.807, 2.05) is 45.0 Å². The second-order valence-corrected chi connectivity index (χ2v) is 8.02. The van der Waals surface area contributed by atoms with Gasteiger partial charge in [0.15, 0.2) is 11.0 Å². The van der Waals surface area contributed by atoms with Gasteiger partial charge in [0.05, 0.1) is 17.1 Å². The monoisotopic (exact) mass is 376 g/mol. The summed E-state index contributed by atoms with van der Waals surface area (Å²) in [4.78, 5) is 25.3. The number of halogens is 1. The molecule has 0 radical (unpaired) electrons. The highest BCUT2D eigenvalue weighted by atomic mass is 35.5. The van der Waals surface area contributed by atoms with Gasteiger partial charge in [-0.15, -0.1) is 0 Å². The number of anilines is 1. The summed E-state index contributed by atoms with van der Waals surface area (Å²) in [6, 6.07) is 7.72. The number of para-hydroxylation sites is 2. The normalized spacial score (nSPS) is 18.0. The molecule has 0 aliphatic carbocycles. The minimum atomic E-state index is -0.507. The van der Waals surface area contributed by atoms with Crippen molar-refractivity contribution in [1.82, 2.24) is 14.9 Å². The molecule has 1 fully saturated rings. The number of likely N-dealkylation sites (N-methyl/N-ethyl adjacent to an activating group) is 1. The molecule has 1 aliphatic heterocycles. The van der Waals surface area contributed by atoms with Crippen molar-refractivity contribution in [2.24, 2.45) is 0 Å². The van der Waals surface area contributed by atoms with Gasteiger partial charge in [-0.3, -0.25) is 0 Å². The molecule has 1 amide bonds. The maximum atomic E-state index is 12.4. The molecule has 2 heterocycles. The zero-order valence-electron chi connectivity index (χ0n) is 15.7. The quantitative estimate of drug-likeness (QED) is 0.789. The lowest BCUT2D eigenvalue weighted by molar-refractivity contribution is 0.0209. The van der Waals surface area contributed by atoms with Gasteiger partial charge in [-0.05, 0) is 45.7 Å². The van der Waals surface area contributed by atoms with Crippen LogP contribution in [0.3, 0.4) is 0 Å². The molecule has 26 heavy (non-hydrogen) atoms. The molecule has 3 rings (SSSR count). The van der Waals surface area contributed by atoms with E-state index in [4.69, 9.17) is 21.3 Å². The van der Waals surface area contributed by atoms with Crippen LogP contribution in [0.15, 0.2) is 24.3 Å². The van der Waals surface area contributed by atoms with Crippen LogP contribution in [0.5, 0.6) is 0 Å². The summed E-state index contributed by atoms with van der Waals surface area (Å²) in [5.41, 5.74) is 1.09. The van der Waals surface area contributed by atoms with Gasteiger partial charge in [-0.2, -0.15) is 0 Å². The van der Waals surface area contributed by atoms with E-state index in [1.54, 1.807) is 11.9 Å². The summed E-state index contributed by atoms with van der Waals surface area (Å²) in [6.45, 7) is 7.11. The standard InChI is InChI=1S/C19H25ClN4O2/c1-19(2,3)26-18(25)23(4)13-8-7-11-24(12-13)17-16(20)21-14-9-5-6-10-15(14)22-17/h5-6,9-10,13H,7-8,11-12H2,1-4H3/t13-/m1/s1. The van der Waals surface area contributed by atoms with Gasteiger partial charge in [0, 0.05) is 20.1 Å². The molecule has 1 aliphatic rings. The lowest BCUT2D eigenvalue weighted by atomic mass is 10.0. The Bertz CT molecular complexity index is 806. The summed E-state index contributed by atoms with van der Waals surface area (Å²) in [7, 11) is 1.79. The van der Waals surface area contributed by atoms with Gasteiger partial charge >= 0.3 is 6.09 Å². The number of fused-ring (bicyclic) bond motifs is 1. The van der Waals surface area contributed by atoms with Gasteiger partial charge in [0.1, 0.15) is 5.60 Å². The first-order chi connectivity index (χ1) is 12.2. The Labute approximate surface area is 159 Å². The van der Waals surface area contributed by atoms with Crippen molar-refractivity contribution < 1.29 is 9.53 Å². The fourth-order valence-electron chi connectivity index (χ4n) is 3.12. The van der Waals surface area contributed by atoms with Crippen molar-refractivity contribution in [3.63, 3.8) is 0 Å². The summed E-state index contributed by atoms with van der Waals surface area (Å²) >= 11 is 6.39. The van der Waals surface area contributed by atoms with Crippen molar-refractivity contribution >= 4 is 34.5 Å². The number of hydrogen-bond acceptors (Lipinski definition) is 5. The van der Waals surface area contributed by atoms with Crippen LogP contribution in [-0.2, 0) is 4.74 Å². The number of rotatable bonds is 2. The van der Waals surface area contributed by atoms with Crippen molar-refractivity contribution in [1.29, 1.82) is 0 Å². The van der Waals surface area contributed by atoms with Gasteiger partial charge < -0.3 is 14.5 Å². The number of hydrogen-bond donors (Lipinski definition) is 0. The van der Waals surface area contributed by atoms with Crippen LogP contribution in [0.2, 0.25) is 5.15 Å². The molecule has 0 N–H and O–H groups in total. The number of piperidine rings is 1. The van der Waals surface area contributed by atoms with Gasteiger partial charge in [0.25, 0.3) is 0 Å². The highest BCUT2D eigenvalue weighted by Gasteiger charge is 2.30. The van der Waals surface area contributed by atoms with Crippen LogP contribution < -0.4 is 4.90 Å². The Hall–Kier alpha value is -2.08. The molecule has 1 atom stereocenters. The fraction of sp³-hybridized carbons (Fsp3) is 0.526. The third-order valence-electron chi connectivity index (χ3n) is 4.44. The minimum absolute atomic E-state index is 0.0444. The summed E-state index contributed by atoms with van der Waals surface area (Å²) in [6.07, 6.45) is 1.56. The van der Waals surface area contributed by atoms with E-state index in [0.717, 1.165) is 30.4 Å². The SMILES string of the molecule is CN(C(=O)OC(C)(C)C)[C@@H]1CCCN(c2nc3ccccc3nc2Cl)C1. The lowest BCUT2D eigenvalue weighted by Crippen LogP contribution is -2.50. The Balaban J connectivity index is 1.78. The molecular formula is C19H25ClN4O2. The third-order valence-corrected chi connectivity index (χ3v) is 4.69. The van der Waals surface area contributed by atoms with Crippen LogP contribution in [0, 0.1) is 0 Å². The first kappa shape index (κ1) is 18.7. The predicted octanol–water partition coefficient (Wildman–Crippen LogP) is 4.12. The second-order valence-electron chi connectivity index (χ2n) is 7.66. The van der Waals surface area contributed by atoms with Crippen LogP contribution >= 0.6 is 11.6 Å². The number of carbonyl (C=O) groups excluding carboxylic acids is 1. The number of ether oxygens (including phenoxy) is 1. The van der Waals surface area contributed by atoms with E-state index < -0.39 is 5.60 Å². The van der Waals surface area contributed by atoms with E-state index in [1.165, 1.54) is 0 Å². The summed E-state index contributed by atoms with van der Waals surface area (Å²) < 4.78 is 5.49. The van der Waals surface area contributed by atoms with Crippen molar-refractivity contribution in [2.45, 2.75) is 45.3 Å². The summed E-state index contributed by atoms with van der Waals surface area (Å²) in [5, 5.41) is 0.393. The molecule has 6 nitrogen and oxygen atoms in total. The molecule has 140 valence electrons.